The molecule has 0 rings (SSSR count). The van der Waals surface area contributed by atoms with Gasteiger partial charge in [-0.2, -0.15) is 0 Å². The Kier molecular flexibility index (Phi) is 8.25. The molecule has 0 saturated heterocycles. The molecule has 0 bridgehead atoms. The van der Waals surface area contributed by atoms with Crippen molar-refractivity contribution in [2.45, 2.75) is 0 Å². The van der Waals surface area contributed by atoms with Crippen molar-refractivity contribution in [2.75, 3.05) is 0 Å². The minimum absolute atomic E-state index is 0. The van der Waals surface area contributed by atoms with Crippen molar-refractivity contribution in [3.63, 3.8) is 0 Å². The standard InChI is InChI=1S/CH2O3.Ca/c2-1(3)4;/h(H2,2,3,4);/p-2. The molecule has 0 fully saturated rings. The van der Waals surface area contributed by atoms with Crippen LogP contribution < -0.4 is 10.2 Å². The van der Waals surface area contributed by atoms with Crippen molar-refractivity contribution in [3.8, 4) is 0 Å². The number of hydrogen-bond donors (Lipinski definition) is 0. The smallest absolute Gasteiger partial charge is 0 e. The summed E-state index contributed by atoms with van der Waals surface area (Å²) in [4.78, 5) is 8.33. The maximum absolute atomic E-state index is 8.33. The van der Waals surface area contributed by atoms with Crippen LogP contribution in [0.25, 0.3) is 0 Å². The summed E-state index contributed by atoms with van der Waals surface area (Å²) in [5, 5.41) is 16.7. The van der Waals surface area contributed by atoms with Crippen molar-refractivity contribution in [2.24, 2.45) is 0 Å². The molecule has 0 saturated carbocycles. The molecule has 0 heterocycles. The van der Waals surface area contributed by atoms with Gasteiger partial charge in [-0.25, -0.2) is 0 Å². The largest absolute Gasteiger partial charge is 0.652 e. The summed E-state index contributed by atoms with van der Waals surface area (Å²) in [5.74, 6) is 0. The van der Waals surface area contributed by atoms with Gasteiger partial charge in [-0.15, -0.1) is 0 Å². The van der Waals surface area contributed by atoms with Crippen molar-refractivity contribution >= 4 is 43.9 Å². The maximum atomic E-state index is 8.33. The van der Waals surface area contributed by atoms with Crippen LogP contribution >= 0.6 is 0 Å². The molecule has 4 heteroatoms. The first-order valence-corrected chi connectivity index (χ1v) is 0.612. The number of carboxylic acid groups (broad SMARTS) is 2. The van der Waals surface area contributed by atoms with Gasteiger partial charge in [-0.1, -0.05) is 0 Å². The van der Waals surface area contributed by atoms with E-state index in [0.29, 0.717) is 0 Å². The molecule has 26 valence electrons. The summed E-state index contributed by atoms with van der Waals surface area (Å²) < 4.78 is 0. The predicted molar refractivity (Wildman–Crippen MR) is 11.1 cm³/mol. The van der Waals surface area contributed by atoms with Crippen LogP contribution in [0.4, 0.5) is 4.79 Å². The molecule has 0 unspecified atom stereocenters. The van der Waals surface area contributed by atoms with E-state index in [0.717, 1.165) is 0 Å². The first-order valence-electron chi connectivity index (χ1n) is 0.612. The molecule has 3 nitrogen and oxygen atoms in total. The van der Waals surface area contributed by atoms with Crippen molar-refractivity contribution in [3.05, 3.63) is 0 Å². The number of hydrogen-bond acceptors (Lipinski definition) is 3. The van der Waals surface area contributed by atoms with Crippen LogP contribution in [-0.4, -0.2) is 43.9 Å². The van der Waals surface area contributed by atoms with Crippen LogP contribution in [0.1, 0.15) is 0 Å². The Balaban J connectivity index is 0. The Morgan fingerprint density at radius 1 is 1.40 bits per heavy atom. The zero-order valence-corrected chi connectivity index (χ0v) is 4.64. The molecule has 0 N–H and O–H groups in total. The number of carbonyl (C=O) groups is 1. The molecule has 0 atom stereocenters. The summed E-state index contributed by atoms with van der Waals surface area (Å²) >= 11 is 0. The summed E-state index contributed by atoms with van der Waals surface area (Å²) in [7, 11) is 0. The summed E-state index contributed by atoms with van der Waals surface area (Å²) in [5.41, 5.74) is 0. The van der Waals surface area contributed by atoms with Crippen LogP contribution in [0, 0.1) is 0 Å². The first-order chi connectivity index (χ1) is 1.73. The number of carbonyl (C=O) groups excluding carboxylic acids is 1. The maximum Gasteiger partial charge on any atom is 0 e. The average Bonchev–Trinajstić information content (AvgIpc) is 0.811. The van der Waals surface area contributed by atoms with E-state index < -0.39 is 6.16 Å². The molecule has 2 radical (unpaired) electrons. The molecular formula is CCaO3-2. The van der Waals surface area contributed by atoms with Crippen LogP contribution in [0.2, 0.25) is 0 Å². The monoisotopic (exact) mass is 99.9 g/mol. The Labute approximate surface area is 58.6 Å². The second-order valence-electron chi connectivity index (χ2n) is 0.250. The van der Waals surface area contributed by atoms with E-state index in [9.17, 15) is 0 Å². The fourth-order valence-corrected chi connectivity index (χ4v) is 0. The van der Waals surface area contributed by atoms with Gasteiger partial charge in [0.2, 0.25) is 0 Å². The average molecular weight is 100 g/mol. The zero-order chi connectivity index (χ0) is 3.58. The Morgan fingerprint density at radius 3 is 1.40 bits per heavy atom. The summed E-state index contributed by atoms with van der Waals surface area (Å²) in [6.07, 6.45) is -2.33. The molecule has 5 heavy (non-hydrogen) atoms. The van der Waals surface area contributed by atoms with E-state index in [-0.39, 0.29) is 37.7 Å². The second kappa shape index (κ2) is 4.53. The Morgan fingerprint density at radius 2 is 1.40 bits per heavy atom. The summed E-state index contributed by atoms with van der Waals surface area (Å²) in [6.45, 7) is 0. The Hall–Kier alpha value is 0.530. The van der Waals surface area contributed by atoms with E-state index in [2.05, 4.69) is 0 Å². The third-order valence-electron chi connectivity index (χ3n) is 0. The van der Waals surface area contributed by atoms with Gasteiger partial charge in [0.1, 0.15) is 0 Å². The van der Waals surface area contributed by atoms with Gasteiger partial charge in [-0.05, 0) is 6.16 Å². The van der Waals surface area contributed by atoms with Crippen molar-refractivity contribution < 1.29 is 15.0 Å². The normalized spacial score (nSPS) is 4.80. The molecule has 0 aliphatic heterocycles. The molecule has 0 aliphatic carbocycles. The predicted octanol–water partition coefficient (Wildman–Crippen LogP) is -2.83. The second-order valence-corrected chi connectivity index (χ2v) is 0.250. The van der Waals surface area contributed by atoms with E-state index in [1.165, 1.54) is 0 Å². The zero-order valence-electron chi connectivity index (χ0n) is 2.43. The van der Waals surface area contributed by atoms with Crippen molar-refractivity contribution in [1.29, 1.82) is 0 Å². The fraction of sp³-hybridized carbons (Fsp3) is 0. The third-order valence-corrected chi connectivity index (χ3v) is 0. The van der Waals surface area contributed by atoms with Gasteiger partial charge in [0.25, 0.3) is 0 Å². The van der Waals surface area contributed by atoms with Crippen molar-refractivity contribution in [1.82, 2.24) is 0 Å². The van der Waals surface area contributed by atoms with E-state index in [1.54, 1.807) is 0 Å². The van der Waals surface area contributed by atoms with Gasteiger partial charge >= 0.3 is 0 Å². The molecule has 0 spiro atoms. The van der Waals surface area contributed by atoms with Gasteiger partial charge in [0.05, 0.1) is 0 Å². The molecule has 0 aromatic heterocycles. The topological polar surface area (TPSA) is 63.2 Å². The van der Waals surface area contributed by atoms with Crippen LogP contribution in [0.5, 0.6) is 0 Å². The third kappa shape index (κ3) is 103. The Bertz CT molecular complexity index is 29.9. The SMILES string of the molecule is O=C([O-])[O-].[Ca]. The minimum atomic E-state index is -2.33. The minimum Gasteiger partial charge on any atom is -0.652 e. The van der Waals surface area contributed by atoms with E-state index in [1.807, 2.05) is 0 Å². The quantitative estimate of drug-likeness (QED) is 0.308. The van der Waals surface area contributed by atoms with Gasteiger partial charge in [0, 0.05) is 37.7 Å². The van der Waals surface area contributed by atoms with Crippen LogP contribution in [0.15, 0.2) is 0 Å². The van der Waals surface area contributed by atoms with E-state index >= 15 is 0 Å². The van der Waals surface area contributed by atoms with Gasteiger partial charge in [-0.3, -0.25) is 0 Å². The van der Waals surface area contributed by atoms with E-state index in [4.69, 9.17) is 15.0 Å². The van der Waals surface area contributed by atoms with Gasteiger partial charge in [0.15, 0.2) is 0 Å². The molecule has 0 aliphatic rings. The fourth-order valence-electron chi connectivity index (χ4n) is 0. The first kappa shape index (κ1) is 9.11. The molecular weight excluding hydrogens is 100 g/mol. The molecule has 0 aromatic rings. The molecule has 0 amide bonds. The number of rotatable bonds is 0. The van der Waals surface area contributed by atoms with Crippen LogP contribution in [0.3, 0.4) is 0 Å². The summed E-state index contributed by atoms with van der Waals surface area (Å²) in [6, 6.07) is 0. The molecule has 0 aromatic carbocycles. The van der Waals surface area contributed by atoms with Crippen LogP contribution in [-0.2, 0) is 0 Å². The van der Waals surface area contributed by atoms with Gasteiger partial charge < -0.3 is 15.0 Å².